The van der Waals surface area contributed by atoms with Crippen molar-refractivity contribution in [2.75, 3.05) is 0 Å². The molecule has 0 aromatic heterocycles. The highest BCUT2D eigenvalue weighted by Gasteiger charge is 2.25. The van der Waals surface area contributed by atoms with Gasteiger partial charge in [0, 0.05) is 0 Å². The molecule has 0 N–H and O–H groups in total. The second-order valence-corrected chi connectivity index (χ2v) is 3.36. The molecular formula is C6H6O4S. The lowest BCUT2D eigenvalue weighted by atomic mass is 10.7. The molecule has 0 aliphatic rings. The van der Waals surface area contributed by atoms with Gasteiger partial charge in [0.05, 0.1) is 0 Å². The Morgan fingerprint density at radius 3 is 1.45 bits per heavy atom. The highest BCUT2D eigenvalue weighted by atomic mass is 32.2. The molecule has 11 heavy (non-hydrogen) atoms. The number of rotatable bonds is 2. The standard InChI is InChI=1S/C6H6O4S/c1-3-5(7)11(9,10)6(8)4-2/h3-4H,1-2H2. The van der Waals surface area contributed by atoms with E-state index < -0.39 is 20.1 Å². The molecule has 0 unspecified atom stereocenters. The fourth-order valence-corrected chi connectivity index (χ4v) is 0.956. The van der Waals surface area contributed by atoms with Crippen molar-refractivity contribution in [2.24, 2.45) is 0 Å². The van der Waals surface area contributed by atoms with Crippen LogP contribution in [0, 0.1) is 0 Å². The van der Waals surface area contributed by atoms with E-state index in [0.29, 0.717) is 12.2 Å². The van der Waals surface area contributed by atoms with E-state index >= 15 is 0 Å². The molecule has 0 fully saturated rings. The van der Waals surface area contributed by atoms with E-state index in [1.54, 1.807) is 0 Å². The molecular weight excluding hydrogens is 168 g/mol. The van der Waals surface area contributed by atoms with Gasteiger partial charge in [-0.05, 0) is 12.2 Å². The van der Waals surface area contributed by atoms with Crippen LogP contribution in [-0.2, 0) is 19.4 Å². The molecule has 0 amide bonds. The van der Waals surface area contributed by atoms with E-state index in [9.17, 15) is 18.0 Å². The van der Waals surface area contributed by atoms with E-state index in [-0.39, 0.29) is 0 Å². The first kappa shape index (κ1) is 9.77. The van der Waals surface area contributed by atoms with Crippen molar-refractivity contribution in [3.8, 4) is 0 Å². The van der Waals surface area contributed by atoms with E-state index in [2.05, 4.69) is 13.2 Å². The van der Waals surface area contributed by atoms with Crippen LogP contribution in [0.25, 0.3) is 0 Å². The van der Waals surface area contributed by atoms with Crippen molar-refractivity contribution in [1.82, 2.24) is 0 Å². The van der Waals surface area contributed by atoms with Crippen LogP contribution in [0.3, 0.4) is 0 Å². The minimum atomic E-state index is -4.35. The van der Waals surface area contributed by atoms with Gasteiger partial charge in [-0.1, -0.05) is 13.2 Å². The summed E-state index contributed by atoms with van der Waals surface area (Å²) in [5, 5.41) is -2.61. The molecule has 0 rings (SSSR count). The number of sulfone groups is 1. The predicted molar refractivity (Wildman–Crippen MR) is 39.3 cm³/mol. The summed E-state index contributed by atoms with van der Waals surface area (Å²) in [5.74, 6) is 0. The summed E-state index contributed by atoms with van der Waals surface area (Å²) < 4.78 is 21.3. The summed E-state index contributed by atoms with van der Waals surface area (Å²) in [6.45, 7) is 5.86. The molecule has 0 spiro atoms. The molecule has 0 aromatic carbocycles. The van der Waals surface area contributed by atoms with Crippen molar-refractivity contribution < 1.29 is 18.0 Å². The second-order valence-electron chi connectivity index (χ2n) is 1.55. The van der Waals surface area contributed by atoms with Gasteiger partial charge in [-0.3, -0.25) is 9.59 Å². The van der Waals surface area contributed by atoms with Gasteiger partial charge in [0.15, 0.2) is 0 Å². The highest BCUT2D eigenvalue weighted by Crippen LogP contribution is 1.95. The fourth-order valence-electron chi connectivity index (χ4n) is 0.319. The number of carbonyl (C=O) groups is 2. The molecule has 0 aliphatic heterocycles. The first-order valence-electron chi connectivity index (χ1n) is 2.54. The molecule has 5 heteroatoms. The van der Waals surface area contributed by atoms with Crippen LogP contribution in [0.15, 0.2) is 25.3 Å². The minimum Gasteiger partial charge on any atom is -0.276 e. The highest BCUT2D eigenvalue weighted by molar-refractivity contribution is 8.19. The normalized spacial score (nSPS) is 10.2. The Kier molecular flexibility index (Phi) is 2.88. The van der Waals surface area contributed by atoms with Crippen molar-refractivity contribution in [2.45, 2.75) is 0 Å². The maximum atomic E-state index is 10.7. The fraction of sp³-hybridized carbons (Fsp3) is 0. The number of carbonyl (C=O) groups excluding carboxylic acids is 2. The summed E-state index contributed by atoms with van der Waals surface area (Å²) in [4.78, 5) is 20.9. The smallest absolute Gasteiger partial charge is 0.276 e. The lowest BCUT2D eigenvalue weighted by molar-refractivity contribution is -0.110. The van der Waals surface area contributed by atoms with E-state index in [1.807, 2.05) is 0 Å². The second kappa shape index (κ2) is 3.25. The molecule has 0 radical (unpaired) electrons. The monoisotopic (exact) mass is 174 g/mol. The molecule has 0 aliphatic carbocycles. The van der Waals surface area contributed by atoms with Crippen LogP contribution in [0.1, 0.15) is 0 Å². The first-order chi connectivity index (χ1) is 4.96. The Morgan fingerprint density at radius 2 is 1.27 bits per heavy atom. The third kappa shape index (κ3) is 1.84. The van der Waals surface area contributed by atoms with Crippen LogP contribution in [0.4, 0.5) is 0 Å². The largest absolute Gasteiger partial charge is 0.281 e. The zero-order chi connectivity index (χ0) is 9.07. The topological polar surface area (TPSA) is 68.3 Å². The Balaban J connectivity index is 5.06. The Morgan fingerprint density at radius 1 is 1.00 bits per heavy atom. The molecule has 0 aromatic rings. The third-order valence-electron chi connectivity index (χ3n) is 0.863. The first-order valence-corrected chi connectivity index (χ1v) is 4.03. The number of hydrogen-bond acceptors (Lipinski definition) is 4. The van der Waals surface area contributed by atoms with Crippen molar-refractivity contribution >= 4 is 20.1 Å². The molecule has 0 heterocycles. The Labute approximate surface area is 64.1 Å². The van der Waals surface area contributed by atoms with Crippen molar-refractivity contribution in [3.05, 3.63) is 25.3 Å². The maximum absolute atomic E-state index is 10.7. The summed E-state index contributed by atoms with van der Waals surface area (Å²) in [7, 11) is -4.35. The van der Waals surface area contributed by atoms with Gasteiger partial charge in [0.2, 0.25) is 0 Å². The Bertz CT molecular complexity index is 283. The van der Waals surface area contributed by atoms with Crippen molar-refractivity contribution in [1.29, 1.82) is 0 Å². The van der Waals surface area contributed by atoms with Crippen LogP contribution >= 0.6 is 0 Å². The molecule has 0 saturated carbocycles. The molecule has 0 bridgehead atoms. The van der Waals surface area contributed by atoms with E-state index in [0.717, 1.165) is 0 Å². The van der Waals surface area contributed by atoms with Crippen molar-refractivity contribution in [3.63, 3.8) is 0 Å². The summed E-state index contributed by atoms with van der Waals surface area (Å²) >= 11 is 0. The van der Waals surface area contributed by atoms with Crippen LogP contribution in [-0.4, -0.2) is 18.6 Å². The SMILES string of the molecule is C=CC(=O)S(=O)(=O)C(=O)C=C. The molecule has 0 atom stereocenters. The average molecular weight is 174 g/mol. The van der Waals surface area contributed by atoms with Crippen LogP contribution in [0.5, 0.6) is 0 Å². The van der Waals surface area contributed by atoms with Crippen LogP contribution in [0.2, 0.25) is 0 Å². The molecule has 60 valence electrons. The quantitative estimate of drug-likeness (QED) is 0.545. The molecule has 0 saturated heterocycles. The van der Waals surface area contributed by atoms with Gasteiger partial charge >= 0.3 is 0 Å². The van der Waals surface area contributed by atoms with Crippen LogP contribution < -0.4 is 0 Å². The minimum absolute atomic E-state index is 0.566. The Hall–Kier alpha value is -1.23. The van der Waals surface area contributed by atoms with Gasteiger partial charge in [-0.2, -0.15) is 0 Å². The molecule has 4 nitrogen and oxygen atoms in total. The predicted octanol–water partition coefficient (Wildman–Crippen LogP) is -0.174. The zero-order valence-electron chi connectivity index (χ0n) is 5.61. The lowest BCUT2D eigenvalue weighted by Crippen LogP contribution is -2.20. The van der Waals surface area contributed by atoms with Gasteiger partial charge in [0.1, 0.15) is 0 Å². The maximum Gasteiger partial charge on any atom is 0.281 e. The van der Waals surface area contributed by atoms with E-state index in [4.69, 9.17) is 0 Å². The van der Waals surface area contributed by atoms with Gasteiger partial charge in [-0.15, -0.1) is 0 Å². The summed E-state index contributed by atoms with van der Waals surface area (Å²) in [6, 6.07) is 0. The summed E-state index contributed by atoms with van der Waals surface area (Å²) in [5.41, 5.74) is 0. The van der Waals surface area contributed by atoms with Gasteiger partial charge in [-0.25, -0.2) is 8.42 Å². The summed E-state index contributed by atoms with van der Waals surface area (Å²) in [6.07, 6.45) is 1.13. The third-order valence-corrected chi connectivity index (χ3v) is 2.26. The van der Waals surface area contributed by atoms with Gasteiger partial charge < -0.3 is 0 Å². The van der Waals surface area contributed by atoms with E-state index in [1.165, 1.54) is 0 Å². The number of hydrogen-bond donors (Lipinski definition) is 0. The lowest BCUT2D eigenvalue weighted by Gasteiger charge is -1.90. The average Bonchev–Trinajstić information content (AvgIpc) is 2.01. The van der Waals surface area contributed by atoms with Gasteiger partial charge in [0.25, 0.3) is 20.1 Å². The zero-order valence-corrected chi connectivity index (χ0v) is 6.43.